The standard InChI is InChI=1S/C9H7Cl2N3O/c10-7-4-6(5-14-8(7)11)9(15)13-3-1-2-12/h4-5H,1,3H2,(H,13,15). The number of carbonyl (C=O) groups is 1. The highest BCUT2D eigenvalue weighted by atomic mass is 35.5. The number of carbonyl (C=O) groups excluding carboxylic acids is 1. The average Bonchev–Trinajstić information content (AvgIpc) is 2.22. The van der Waals surface area contributed by atoms with E-state index < -0.39 is 0 Å². The number of amides is 1. The fraction of sp³-hybridized carbons (Fsp3) is 0.222. The molecule has 0 aliphatic carbocycles. The predicted octanol–water partition coefficient (Wildman–Crippen LogP) is 2.03. The molecule has 0 aliphatic rings. The summed E-state index contributed by atoms with van der Waals surface area (Å²) in [5.74, 6) is -0.323. The number of hydrogen-bond acceptors (Lipinski definition) is 3. The van der Waals surface area contributed by atoms with Gasteiger partial charge in [0.15, 0.2) is 0 Å². The monoisotopic (exact) mass is 243 g/mol. The summed E-state index contributed by atoms with van der Waals surface area (Å²) >= 11 is 11.3. The summed E-state index contributed by atoms with van der Waals surface area (Å²) in [6.07, 6.45) is 1.59. The van der Waals surface area contributed by atoms with Crippen LogP contribution in [0.2, 0.25) is 10.2 Å². The SMILES string of the molecule is N#CCCNC(=O)c1cnc(Cl)c(Cl)c1. The maximum atomic E-state index is 11.4. The average molecular weight is 244 g/mol. The van der Waals surface area contributed by atoms with Crippen molar-refractivity contribution < 1.29 is 4.79 Å². The Morgan fingerprint density at radius 2 is 2.33 bits per heavy atom. The lowest BCUT2D eigenvalue weighted by molar-refractivity contribution is 0.0954. The Kier molecular flexibility index (Phi) is 4.35. The second kappa shape index (κ2) is 5.54. The van der Waals surface area contributed by atoms with Crippen LogP contribution < -0.4 is 5.32 Å². The number of nitrogens with one attached hydrogen (secondary N) is 1. The number of rotatable bonds is 3. The fourth-order valence-corrected chi connectivity index (χ4v) is 1.15. The van der Waals surface area contributed by atoms with Crippen molar-refractivity contribution in [2.45, 2.75) is 6.42 Å². The number of halogens is 2. The van der Waals surface area contributed by atoms with E-state index in [4.69, 9.17) is 28.5 Å². The summed E-state index contributed by atoms with van der Waals surface area (Å²) in [7, 11) is 0. The van der Waals surface area contributed by atoms with Gasteiger partial charge in [-0.25, -0.2) is 4.98 Å². The van der Waals surface area contributed by atoms with Gasteiger partial charge in [-0.2, -0.15) is 5.26 Å². The molecule has 0 saturated carbocycles. The van der Waals surface area contributed by atoms with Crippen LogP contribution in [0.3, 0.4) is 0 Å². The summed E-state index contributed by atoms with van der Waals surface area (Å²) in [6, 6.07) is 3.35. The van der Waals surface area contributed by atoms with Crippen LogP contribution in [0.25, 0.3) is 0 Å². The van der Waals surface area contributed by atoms with E-state index in [1.165, 1.54) is 12.3 Å². The molecule has 0 bridgehead atoms. The van der Waals surface area contributed by atoms with Crippen LogP contribution in [-0.4, -0.2) is 17.4 Å². The summed E-state index contributed by atoms with van der Waals surface area (Å²) in [6.45, 7) is 0.301. The Bertz CT molecular complexity index is 414. The molecule has 0 aromatic carbocycles. The molecule has 1 N–H and O–H groups in total. The molecule has 1 amide bonds. The van der Waals surface area contributed by atoms with Crippen LogP contribution in [0.15, 0.2) is 12.3 Å². The van der Waals surface area contributed by atoms with E-state index in [-0.39, 0.29) is 22.5 Å². The second-order valence-corrected chi connectivity index (χ2v) is 3.43. The minimum absolute atomic E-state index is 0.158. The van der Waals surface area contributed by atoms with E-state index in [9.17, 15) is 4.79 Å². The largest absolute Gasteiger partial charge is 0.351 e. The van der Waals surface area contributed by atoms with E-state index in [2.05, 4.69) is 10.3 Å². The highest BCUT2D eigenvalue weighted by molar-refractivity contribution is 6.41. The first kappa shape index (κ1) is 11.8. The van der Waals surface area contributed by atoms with Crippen molar-refractivity contribution in [3.8, 4) is 6.07 Å². The molecule has 4 nitrogen and oxygen atoms in total. The molecule has 0 saturated heterocycles. The lowest BCUT2D eigenvalue weighted by Crippen LogP contribution is -2.24. The Labute approximate surface area is 96.8 Å². The number of nitriles is 1. The van der Waals surface area contributed by atoms with Crippen LogP contribution in [0.1, 0.15) is 16.8 Å². The van der Waals surface area contributed by atoms with Crippen molar-refractivity contribution >= 4 is 29.1 Å². The normalized spacial score (nSPS) is 9.40. The van der Waals surface area contributed by atoms with Crippen LogP contribution in [0.4, 0.5) is 0 Å². The summed E-state index contributed by atoms with van der Waals surface area (Å²) < 4.78 is 0. The summed E-state index contributed by atoms with van der Waals surface area (Å²) in [5, 5.41) is 11.2. The quantitative estimate of drug-likeness (QED) is 0.653. The molecule has 78 valence electrons. The van der Waals surface area contributed by atoms with Gasteiger partial charge >= 0.3 is 0 Å². The minimum Gasteiger partial charge on any atom is -0.351 e. The molecule has 1 heterocycles. The first-order chi connectivity index (χ1) is 7.15. The van der Waals surface area contributed by atoms with Crippen molar-refractivity contribution in [1.29, 1.82) is 5.26 Å². The molecule has 0 atom stereocenters. The Balaban J connectivity index is 2.67. The van der Waals surface area contributed by atoms with Crippen LogP contribution in [0, 0.1) is 11.3 Å². The van der Waals surface area contributed by atoms with Gasteiger partial charge in [-0.1, -0.05) is 23.2 Å². The zero-order valence-electron chi connectivity index (χ0n) is 7.63. The lowest BCUT2D eigenvalue weighted by atomic mass is 10.2. The molecular formula is C9H7Cl2N3O. The maximum Gasteiger partial charge on any atom is 0.252 e. The van der Waals surface area contributed by atoms with Gasteiger partial charge in [-0.05, 0) is 6.07 Å². The summed E-state index contributed by atoms with van der Waals surface area (Å²) in [5.41, 5.74) is 0.322. The minimum atomic E-state index is -0.323. The van der Waals surface area contributed by atoms with Crippen molar-refractivity contribution in [3.05, 3.63) is 28.0 Å². The molecule has 0 radical (unpaired) electrons. The van der Waals surface area contributed by atoms with Crippen LogP contribution >= 0.6 is 23.2 Å². The molecule has 1 aromatic heterocycles. The molecule has 0 fully saturated rings. The van der Waals surface area contributed by atoms with Gasteiger partial charge in [0.1, 0.15) is 5.15 Å². The first-order valence-corrected chi connectivity index (χ1v) is 4.87. The Morgan fingerprint density at radius 1 is 1.60 bits per heavy atom. The van der Waals surface area contributed by atoms with Crippen molar-refractivity contribution in [2.75, 3.05) is 6.54 Å². The van der Waals surface area contributed by atoms with Crippen molar-refractivity contribution in [2.24, 2.45) is 0 Å². The molecule has 15 heavy (non-hydrogen) atoms. The van der Waals surface area contributed by atoms with E-state index in [0.717, 1.165) is 0 Å². The van der Waals surface area contributed by atoms with Crippen molar-refractivity contribution in [3.63, 3.8) is 0 Å². The van der Waals surface area contributed by atoms with Gasteiger partial charge < -0.3 is 5.32 Å². The third kappa shape index (κ3) is 3.39. The first-order valence-electron chi connectivity index (χ1n) is 4.11. The number of nitrogens with zero attached hydrogens (tertiary/aromatic N) is 2. The van der Waals surface area contributed by atoms with Gasteiger partial charge in [0, 0.05) is 12.7 Å². The third-order valence-electron chi connectivity index (χ3n) is 1.58. The fourth-order valence-electron chi connectivity index (χ4n) is 0.879. The van der Waals surface area contributed by atoms with Crippen LogP contribution in [-0.2, 0) is 0 Å². The third-order valence-corrected chi connectivity index (χ3v) is 2.27. The molecule has 0 unspecified atom stereocenters. The van der Waals surface area contributed by atoms with E-state index in [1.807, 2.05) is 6.07 Å². The molecule has 1 rings (SSSR count). The lowest BCUT2D eigenvalue weighted by Gasteiger charge is -2.03. The number of aromatic nitrogens is 1. The smallest absolute Gasteiger partial charge is 0.252 e. The van der Waals surface area contributed by atoms with E-state index in [0.29, 0.717) is 12.1 Å². The zero-order valence-corrected chi connectivity index (χ0v) is 9.14. The zero-order chi connectivity index (χ0) is 11.3. The molecule has 0 spiro atoms. The summed E-state index contributed by atoms with van der Waals surface area (Å²) in [4.78, 5) is 15.2. The topological polar surface area (TPSA) is 65.8 Å². The predicted molar refractivity (Wildman–Crippen MR) is 56.8 cm³/mol. The second-order valence-electron chi connectivity index (χ2n) is 2.66. The van der Waals surface area contributed by atoms with Gasteiger partial charge in [-0.3, -0.25) is 4.79 Å². The molecule has 1 aromatic rings. The Morgan fingerprint density at radius 3 is 2.93 bits per heavy atom. The van der Waals surface area contributed by atoms with Crippen LogP contribution in [0.5, 0.6) is 0 Å². The molecule has 0 aliphatic heterocycles. The van der Waals surface area contributed by atoms with E-state index >= 15 is 0 Å². The van der Waals surface area contributed by atoms with Crippen molar-refractivity contribution in [1.82, 2.24) is 10.3 Å². The molecular weight excluding hydrogens is 237 g/mol. The van der Waals surface area contributed by atoms with Gasteiger partial charge in [0.05, 0.1) is 23.1 Å². The van der Waals surface area contributed by atoms with Gasteiger partial charge in [-0.15, -0.1) is 0 Å². The Hall–Kier alpha value is -1.31. The number of hydrogen-bond donors (Lipinski definition) is 1. The highest BCUT2D eigenvalue weighted by Crippen LogP contribution is 2.19. The maximum absolute atomic E-state index is 11.4. The van der Waals surface area contributed by atoms with Gasteiger partial charge in [0.25, 0.3) is 5.91 Å². The number of pyridine rings is 1. The van der Waals surface area contributed by atoms with Gasteiger partial charge in [0.2, 0.25) is 0 Å². The highest BCUT2D eigenvalue weighted by Gasteiger charge is 2.07. The van der Waals surface area contributed by atoms with E-state index in [1.54, 1.807) is 0 Å². The molecule has 6 heteroatoms.